The average Bonchev–Trinajstić information content (AvgIpc) is 2.73. The molecule has 0 aromatic rings. The summed E-state index contributed by atoms with van der Waals surface area (Å²) in [6.45, 7) is 1.90. The molecular weight excluding hydrogens is 208 g/mol. The summed E-state index contributed by atoms with van der Waals surface area (Å²) in [5.41, 5.74) is 0. The molecule has 86 valence electrons. The fraction of sp³-hybridized carbons (Fsp3) is 0.750. The van der Waals surface area contributed by atoms with Crippen LogP contribution in [0, 0.1) is 0 Å². The minimum Gasteiger partial charge on any atom is -0.477 e. The lowest BCUT2D eigenvalue weighted by molar-refractivity contribution is -0.170. The van der Waals surface area contributed by atoms with E-state index in [-0.39, 0.29) is 6.61 Å². The van der Waals surface area contributed by atoms with Gasteiger partial charge in [-0.05, 0) is 6.42 Å². The van der Waals surface area contributed by atoms with E-state index in [9.17, 15) is 14.7 Å². The number of esters is 1. The van der Waals surface area contributed by atoms with E-state index in [2.05, 4.69) is 9.47 Å². The van der Waals surface area contributed by atoms with Crippen LogP contribution in [0.25, 0.3) is 0 Å². The molecule has 1 heterocycles. The summed E-state index contributed by atoms with van der Waals surface area (Å²) in [6.07, 6.45) is 1.35. The highest BCUT2D eigenvalue weighted by Crippen LogP contribution is 2.44. The minimum atomic E-state index is -2.88. The van der Waals surface area contributed by atoms with Crippen molar-refractivity contribution in [3.8, 4) is 0 Å². The van der Waals surface area contributed by atoms with Crippen molar-refractivity contribution in [1.82, 2.24) is 0 Å². The number of ether oxygens (including phenoxy) is 2. The second-order valence-electron chi connectivity index (χ2n) is 3.18. The number of carboxylic acids is 1. The molecule has 1 aliphatic heterocycles. The van der Waals surface area contributed by atoms with Crippen LogP contribution in [0.1, 0.15) is 19.8 Å². The molecule has 3 N–H and O–H groups in total. The second kappa shape index (κ2) is 3.76. The number of aliphatic carboxylic acids is 1. The number of carbonyl (C=O) groups excluding carboxylic acids is 1. The number of epoxide rings is 1. The van der Waals surface area contributed by atoms with Crippen molar-refractivity contribution in [1.29, 1.82) is 0 Å². The molecule has 2 atom stereocenters. The van der Waals surface area contributed by atoms with Crippen LogP contribution < -0.4 is 0 Å². The van der Waals surface area contributed by atoms with E-state index in [1.54, 1.807) is 0 Å². The molecule has 0 radical (unpaired) electrons. The van der Waals surface area contributed by atoms with Gasteiger partial charge in [0, 0.05) is 0 Å². The van der Waals surface area contributed by atoms with E-state index in [1.807, 2.05) is 6.92 Å². The number of aliphatic hydroxyl groups is 2. The van der Waals surface area contributed by atoms with Gasteiger partial charge in [-0.2, -0.15) is 0 Å². The normalized spacial score (nSPS) is 33.5. The van der Waals surface area contributed by atoms with E-state index < -0.39 is 23.5 Å². The van der Waals surface area contributed by atoms with Gasteiger partial charge in [0.2, 0.25) is 0 Å². The highest BCUT2D eigenvalue weighted by molar-refractivity contribution is 5.93. The minimum absolute atomic E-state index is 0.0384. The number of unbranched alkanes of at least 4 members (excludes halogenated alkanes) is 1. The van der Waals surface area contributed by atoms with E-state index in [0.717, 1.165) is 6.42 Å². The Bertz CT molecular complexity index is 289. The van der Waals surface area contributed by atoms with Crippen molar-refractivity contribution in [2.24, 2.45) is 0 Å². The average molecular weight is 220 g/mol. The summed E-state index contributed by atoms with van der Waals surface area (Å²) in [5.74, 6) is -8.78. The summed E-state index contributed by atoms with van der Waals surface area (Å²) in [5, 5.41) is 26.8. The molecule has 0 bridgehead atoms. The maximum Gasteiger partial charge on any atom is 0.373 e. The molecule has 0 aromatic carbocycles. The smallest absolute Gasteiger partial charge is 0.373 e. The molecule has 15 heavy (non-hydrogen) atoms. The van der Waals surface area contributed by atoms with E-state index in [4.69, 9.17) is 10.2 Å². The zero-order valence-electron chi connectivity index (χ0n) is 8.10. The van der Waals surface area contributed by atoms with Gasteiger partial charge in [-0.25, -0.2) is 9.59 Å². The fourth-order valence-electron chi connectivity index (χ4n) is 0.964. The molecule has 0 unspecified atom stereocenters. The van der Waals surface area contributed by atoms with Crippen LogP contribution in [0.2, 0.25) is 0 Å². The molecule has 1 aliphatic rings. The number of hydrogen-bond donors (Lipinski definition) is 3. The molecule has 0 saturated carbocycles. The van der Waals surface area contributed by atoms with Gasteiger partial charge in [-0.15, -0.1) is 0 Å². The lowest BCUT2D eigenvalue weighted by Gasteiger charge is -2.06. The Morgan fingerprint density at radius 2 is 1.93 bits per heavy atom. The third kappa shape index (κ3) is 1.81. The fourth-order valence-corrected chi connectivity index (χ4v) is 0.964. The largest absolute Gasteiger partial charge is 0.477 e. The van der Waals surface area contributed by atoms with Gasteiger partial charge in [0.15, 0.2) is 0 Å². The van der Waals surface area contributed by atoms with E-state index in [0.29, 0.717) is 6.42 Å². The number of rotatable bonds is 5. The lowest BCUT2D eigenvalue weighted by atomic mass is 10.2. The molecule has 0 amide bonds. The Morgan fingerprint density at radius 3 is 2.33 bits per heavy atom. The summed E-state index contributed by atoms with van der Waals surface area (Å²) in [6, 6.07) is 0. The van der Waals surface area contributed by atoms with Gasteiger partial charge in [-0.1, -0.05) is 13.3 Å². The highest BCUT2D eigenvalue weighted by atomic mass is 16.9. The topological polar surface area (TPSA) is 117 Å². The Labute approximate surface area is 85.2 Å². The van der Waals surface area contributed by atoms with Crippen molar-refractivity contribution in [2.45, 2.75) is 31.3 Å². The molecule has 7 nitrogen and oxygen atoms in total. The summed E-state index contributed by atoms with van der Waals surface area (Å²) >= 11 is 0. The number of hydrogen-bond acceptors (Lipinski definition) is 6. The standard InChI is InChI=1S/C8H12O7/c1-2-3-4-14-6(11)8(13)7(12,15-8)5(9)10/h12-13H,2-4H2,1H3,(H,9,10)/t7-,8-/m1/s1. The van der Waals surface area contributed by atoms with Crippen LogP contribution in [0.15, 0.2) is 0 Å². The third-order valence-corrected chi connectivity index (χ3v) is 2.01. The molecule has 1 rings (SSSR count). The predicted octanol–water partition coefficient (Wildman–Crippen LogP) is -1.18. The van der Waals surface area contributed by atoms with Crippen molar-refractivity contribution in [3.05, 3.63) is 0 Å². The Kier molecular flexibility index (Phi) is 2.98. The van der Waals surface area contributed by atoms with Crippen molar-refractivity contribution >= 4 is 11.9 Å². The van der Waals surface area contributed by atoms with Crippen molar-refractivity contribution < 1.29 is 34.4 Å². The predicted molar refractivity (Wildman–Crippen MR) is 44.5 cm³/mol. The molecule has 1 saturated heterocycles. The van der Waals surface area contributed by atoms with Gasteiger partial charge in [0.1, 0.15) is 0 Å². The first-order chi connectivity index (χ1) is 6.88. The van der Waals surface area contributed by atoms with Gasteiger partial charge in [0.25, 0.3) is 0 Å². The SMILES string of the molecule is CCCCOC(=O)[C@@]1(O)O[C@]1(O)C(=O)O. The first-order valence-corrected chi connectivity index (χ1v) is 4.44. The van der Waals surface area contributed by atoms with Crippen LogP contribution in [0.4, 0.5) is 0 Å². The molecular formula is C8H12O7. The van der Waals surface area contributed by atoms with Crippen LogP contribution in [0.3, 0.4) is 0 Å². The van der Waals surface area contributed by atoms with Crippen LogP contribution >= 0.6 is 0 Å². The molecule has 0 aromatic heterocycles. The molecule has 0 aliphatic carbocycles. The Hall–Kier alpha value is -1.18. The summed E-state index contributed by atoms with van der Waals surface area (Å²) < 4.78 is 8.60. The van der Waals surface area contributed by atoms with E-state index in [1.165, 1.54) is 0 Å². The number of carbonyl (C=O) groups is 2. The van der Waals surface area contributed by atoms with Gasteiger partial charge < -0.3 is 20.1 Å². The first kappa shape index (κ1) is 11.9. The molecule has 1 fully saturated rings. The highest BCUT2D eigenvalue weighted by Gasteiger charge is 2.82. The molecule has 7 heteroatoms. The monoisotopic (exact) mass is 220 g/mol. The Morgan fingerprint density at radius 1 is 1.33 bits per heavy atom. The molecule has 0 spiro atoms. The van der Waals surface area contributed by atoms with Crippen LogP contribution in [-0.4, -0.2) is 45.4 Å². The van der Waals surface area contributed by atoms with Crippen molar-refractivity contribution in [2.75, 3.05) is 6.61 Å². The van der Waals surface area contributed by atoms with Gasteiger partial charge in [-0.3, -0.25) is 4.74 Å². The quantitative estimate of drug-likeness (QED) is 0.303. The Balaban J connectivity index is 2.52. The summed E-state index contributed by atoms with van der Waals surface area (Å²) in [7, 11) is 0. The van der Waals surface area contributed by atoms with Crippen LogP contribution in [-0.2, 0) is 19.1 Å². The maximum absolute atomic E-state index is 11.1. The van der Waals surface area contributed by atoms with Crippen molar-refractivity contribution in [3.63, 3.8) is 0 Å². The zero-order chi connectivity index (χ0) is 11.7. The van der Waals surface area contributed by atoms with Gasteiger partial charge >= 0.3 is 23.5 Å². The third-order valence-electron chi connectivity index (χ3n) is 2.01. The van der Waals surface area contributed by atoms with Gasteiger partial charge in [0.05, 0.1) is 6.61 Å². The van der Waals surface area contributed by atoms with Crippen LogP contribution in [0.5, 0.6) is 0 Å². The lowest BCUT2D eigenvalue weighted by Crippen LogP contribution is -2.40. The summed E-state index contributed by atoms with van der Waals surface area (Å²) in [4.78, 5) is 21.5. The maximum atomic E-state index is 11.1. The number of carboxylic acid groups (broad SMARTS) is 1. The first-order valence-electron chi connectivity index (χ1n) is 4.44. The second-order valence-corrected chi connectivity index (χ2v) is 3.18. The van der Waals surface area contributed by atoms with E-state index >= 15 is 0 Å². The zero-order valence-corrected chi connectivity index (χ0v) is 8.10.